The molecule has 0 saturated carbocycles. The van der Waals surface area contributed by atoms with Crippen molar-refractivity contribution in [3.63, 3.8) is 0 Å². The van der Waals surface area contributed by atoms with Gasteiger partial charge in [0.25, 0.3) is 0 Å². The van der Waals surface area contributed by atoms with Crippen molar-refractivity contribution < 1.29 is 13.2 Å². The molecule has 0 unspecified atom stereocenters. The van der Waals surface area contributed by atoms with E-state index >= 15 is 0 Å². The number of nitrogens with two attached hydrogens (primary N) is 1. The number of hydrogen-bond donors (Lipinski definition) is 1. The molecular formula is C13H20N2O3S. The molecule has 19 heavy (non-hydrogen) atoms. The molecule has 0 bridgehead atoms. The number of amides is 1. The van der Waals surface area contributed by atoms with Crippen molar-refractivity contribution in [2.75, 3.05) is 31.3 Å². The third-order valence-corrected chi connectivity index (χ3v) is 3.75. The number of nitrogen functional groups attached to an aromatic ring is 1. The SMILES string of the molecule is CN(CCS(C)(=O)=O)C(=O)CCc1ccc(N)cc1. The molecule has 0 aromatic heterocycles. The van der Waals surface area contributed by atoms with Crippen LogP contribution < -0.4 is 5.73 Å². The first kappa shape index (κ1) is 15.5. The molecule has 0 fully saturated rings. The Balaban J connectivity index is 2.40. The first-order valence-electron chi connectivity index (χ1n) is 6.04. The van der Waals surface area contributed by atoms with E-state index in [-0.39, 0.29) is 18.2 Å². The van der Waals surface area contributed by atoms with Crippen molar-refractivity contribution in [1.82, 2.24) is 4.90 Å². The van der Waals surface area contributed by atoms with E-state index in [2.05, 4.69) is 0 Å². The molecule has 0 aliphatic heterocycles. The fourth-order valence-electron chi connectivity index (χ4n) is 1.55. The number of carbonyl (C=O) groups is 1. The molecule has 1 aromatic carbocycles. The molecule has 6 heteroatoms. The normalized spacial score (nSPS) is 11.3. The maximum absolute atomic E-state index is 11.8. The molecule has 0 spiro atoms. The molecule has 0 radical (unpaired) electrons. The van der Waals surface area contributed by atoms with Crippen molar-refractivity contribution >= 4 is 21.4 Å². The highest BCUT2D eigenvalue weighted by Crippen LogP contribution is 2.08. The van der Waals surface area contributed by atoms with Gasteiger partial charge in [-0.2, -0.15) is 0 Å². The summed E-state index contributed by atoms with van der Waals surface area (Å²) < 4.78 is 22.0. The number of carbonyl (C=O) groups excluding carboxylic acids is 1. The molecular weight excluding hydrogens is 264 g/mol. The molecule has 2 N–H and O–H groups in total. The smallest absolute Gasteiger partial charge is 0.222 e. The van der Waals surface area contributed by atoms with Gasteiger partial charge in [0.05, 0.1) is 5.75 Å². The van der Waals surface area contributed by atoms with Crippen LogP contribution in [0.4, 0.5) is 5.69 Å². The lowest BCUT2D eigenvalue weighted by Gasteiger charge is -2.16. The summed E-state index contributed by atoms with van der Waals surface area (Å²) in [6.07, 6.45) is 2.16. The van der Waals surface area contributed by atoms with Gasteiger partial charge < -0.3 is 10.6 Å². The topological polar surface area (TPSA) is 80.5 Å². The molecule has 0 aliphatic carbocycles. The molecule has 0 heterocycles. The molecule has 1 rings (SSSR count). The van der Waals surface area contributed by atoms with E-state index in [1.165, 1.54) is 11.2 Å². The second-order valence-corrected chi connectivity index (χ2v) is 6.95. The predicted molar refractivity (Wildman–Crippen MR) is 76.5 cm³/mol. The van der Waals surface area contributed by atoms with Crippen LogP contribution >= 0.6 is 0 Å². The fourth-order valence-corrected chi connectivity index (χ4v) is 2.16. The van der Waals surface area contributed by atoms with Gasteiger partial charge in [-0.05, 0) is 24.1 Å². The highest BCUT2D eigenvalue weighted by Gasteiger charge is 2.11. The van der Waals surface area contributed by atoms with Crippen LogP contribution in [0.3, 0.4) is 0 Å². The van der Waals surface area contributed by atoms with Crippen LogP contribution in [0.2, 0.25) is 0 Å². The number of hydrogen-bond acceptors (Lipinski definition) is 4. The molecule has 1 amide bonds. The molecule has 1 aromatic rings. The van der Waals surface area contributed by atoms with Gasteiger partial charge >= 0.3 is 0 Å². The summed E-state index contributed by atoms with van der Waals surface area (Å²) >= 11 is 0. The second-order valence-electron chi connectivity index (χ2n) is 4.69. The maximum Gasteiger partial charge on any atom is 0.222 e. The van der Waals surface area contributed by atoms with E-state index in [0.29, 0.717) is 18.5 Å². The number of anilines is 1. The van der Waals surface area contributed by atoms with Crippen LogP contribution in [0.5, 0.6) is 0 Å². The largest absolute Gasteiger partial charge is 0.399 e. The van der Waals surface area contributed by atoms with Gasteiger partial charge in [0, 0.05) is 32.0 Å². The van der Waals surface area contributed by atoms with Crippen LogP contribution in [0.15, 0.2) is 24.3 Å². The quantitative estimate of drug-likeness (QED) is 0.780. The van der Waals surface area contributed by atoms with Crippen molar-refractivity contribution in [1.29, 1.82) is 0 Å². The van der Waals surface area contributed by atoms with Crippen LogP contribution in [-0.2, 0) is 21.1 Å². The summed E-state index contributed by atoms with van der Waals surface area (Å²) in [6.45, 7) is 0.236. The molecule has 106 valence electrons. The zero-order valence-corrected chi connectivity index (χ0v) is 12.1. The van der Waals surface area contributed by atoms with Gasteiger partial charge in [-0.25, -0.2) is 8.42 Å². The van der Waals surface area contributed by atoms with E-state index in [1.54, 1.807) is 19.2 Å². The van der Waals surface area contributed by atoms with E-state index in [9.17, 15) is 13.2 Å². The van der Waals surface area contributed by atoms with Crippen molar-refractivity contribution in [2.45, 2.75) is 12.8 Å². The van der Waals surface area contributed by atoms with Crippen molar-refractivity contribution in [3.05, 3.63) is 29.8 Å². The lowest BCUT2D eigenvalue weighted by Crippen LogP contribution is -2.31. The summed E-state index contributed by atoms with van der Waals surface area (Å²) in [5.41, 5.74) is 7.31. The highest BCUT2D eigenvalue weighted by molar-refractivity contribution is 7.90. The first-order chi connectivity index (χ1) is 8.78. The van der Waals surface area contributed by atoms with Crippen molar-refractivity contribution in [2.24, 2.45) is 0 Å². The summed E-state index contributed by atoms with van der Waals surface area (Å²) in [5.74, 6) is -0.0580. The zero-order valence-electron chi connectivity index (χ0n) is 11.3. The summed E-state index contributed by atoms with van der Waals surface area (Å²) in [5, 5.41) is 0. The third kappa shape index (κ3) is 6.24. The summed E-state index contributed by atoms with van der Waals surface area (Å²) in [4.78, 5) is 13.3. The monoisotopic (exact) mass is 284 g/mol. The van der Waals surface area contributed by atoms with Gasteiger partial charge in [0.1, 0.15) is 9.84 Å². The minimum absolute atomic E-state index is 0.00287. The molecule has 0 aliphatic rings. The Morgan fingerprint density at radius 3 is 2.37 bits per heavy atom. The summed E-state index contributed by atoms with van der Waals surface area (Å²) in [7, 11) is -1.41. The van der Waals surface area contributed by atoms with Crippen LogP contribution in [0.25, 0.3) is 0 Å². The molecule has 5 nitrogen and oxygen atoms in total. The van der Waals surface area contributed by atoms with Crippen molar-refractivity contribution in [3.8, 4) is 0 Å². The van der Waals surface area contributed by atoms with E-state index in [1.807, 2.05) is 12.1 Å². The van der Waals surface area contributed by atoms with Crippen LogP contribution in [0, 0.1) is 0 Å². The molecule has 0 saturated heterocycles. The van der Waals surface area contributed by atoms with E-state index in [4.69, 9.17) is 5.73 Å². The van der Waals surface area contributed by atoms with Gasteiger partial charge in [0.2, 0.25) is 5.91 Å². The Hall–Kier alpha value is -1.56. The Labute approximate surface area is 114 Å². The predicted octanol–water partition coefficient (Wildman–Crippen LogP) is 0.704. The number of aryl methyl sites for hydroxylation is 1. The second kappa shape index (κ2) is 6.56. The van der Waals surface area contributed by atoms with E-state index in [0.717, 1.165) is 5.56 Å². The fraction of sp³-hybridized carbons (Fsp3) is 0.462. The number of rotatable bonds is 6. The van der Waals surface area contributed by atoms with Gasteiger partial charge in [-0.3, -0.25) is 4.79 Å². The van der Waals surface area contributed by atoms with Gasteiger partial charge in [0.15, 0.2) is 0 Å². The Morgan fingerprint density at radius 2 is 1.84 bits per heavy atom. The lowest BCUT2D eigenvalue weighted by atomic mass is 10.1. The van der Waals surface area contributed by atoms with Crippen LogP contribution in [0.1, 0.15) is 12.0 Å². The first-order valence-corrected chi connectivity index (χ1v) is 8.10. The zero-order chi connectivity index (χ0) is 14.5. The molecule has 0 atom stereocenters. The van der Waals surface area contributed by atoms with Gasteiger partial charge in [-0.1, -0.05) is 12.1 Å². The van der Waals surface area contributed by atoms with Crippen LogP contribution in [-0.4, -0.2) is 44.8 Å². The lowest BCUT2D eigenvalue weighted by molar-refractivity contribution is -0.129. The number of benzene rings is 1. The summed E-state index contributed by atoms with van der Waals surface area (Å²) in [6, 6.07) is 7.37. The average Bonchev–Trinajstić information content (AvgIpc) is 2.34. The van der Waals surface area contributed by atoms with Gasteiger partial charge in [-0.15, -0.1) is 0 Å². The number of nitrogens with zero attached hydrogens (tertiary/aromatic N) is 1. The maximum atomic E-state index is 11.8. The minimum atomic E-state index is -3.03. The Morgan fingerprint density at radius 1 is 1.26 bits per heavy atom. The highest BCUT2D eigenvalue weighted by atomic mass is 32.2. The van der Waals surface area contributed by atoms with E-state index < -0.39 is 9.84 Å². The standard InChI is InChI=1S/C13H20N2O3S/c1-15(9-10-19(2,17)18)13(16)8-5-11-3-6-12(14)7-4-11/h3-4,6-7H,5,8-10,14H2,1-2H3. The number of sulfone groups is 1. The third-order valence-electron chi connectivity index (χ3n) is 2.83. The Kier molecular flexibility index (Phi) is 5.35. The Bertz CT molecular complexity index is 523. The minimum Gasteiger partial charge on any atom is -0.399 e. The average molecular weight is 284 g/mol.